The van der Waals surface area contributed by atoms with Crippen LogP contribution in [0.2, 0.25) is 5.02 Å². The SMILES string of the molecule is CC(NC(=O)Nc1ccc(Cl)c(C(F)(F)F)c1)c1ccc(Br)cc1. The molecular weight excluding hydrogens is 409 g/mol. The zero-order chi connectivity index (χ0) is 17.9. The van der Waals surface area contributed by atoms with Crippen molar-refractivity contribution in [2.45, 2.75) is 19.1 Å². The summed E-state index contributed by atoms with van der Waals surface area (Å²) in [6.45, 7) is 1.77. The van der Waals surface area contributed by atoms with Gasteiger partial charge in [0.15, 0.2) is 0 Å². The van der Waals surface area contributed by atoms with Crippen molar-refractivity contribution in [1.82, 2.24) is 5.32 Å². The number of alkyl halides is 3. The second-order valence-corrected chi connectivity index (χ2v) is 6.39. The summed E-state index contributed by atoms with van der Waals surface area (Å²) >= 11 is 8.86. The van der Waals surface area contributed by atoms with Gasteiger partial charge in [0, 0.05) is 10.2 Å². The standard InChI is InChI=1S/C16H13BrClF3N2O/c1-9(10-2-4-11(17)5-3-10)22-15(24)23-12-6-7-14(18)13(8-12)16(19,20)21/h2-9H,1H3,(H2,22,23,24). The molecule has 0 aliphatic carbocycles. The highest BCUT2D eigenvalue weighted by molar-refractivity contribution is 9.10. The Morgan fingerprint density at radius 2 is 1.79 bits per heavy atom. The quantitative estimate of drug-likeness (QED) is 0.626. The molecule has 2 N–H and O–H groups in total. The van der Waals surface area contributed by atoms with Gasteiger partial charge in [-0.25, -0.2) is 4.79 Å². The van der Waals surface area contributed by atoms with Crippen LogP contribution in [0.15, 0.2) is 46.9 Å². The van der Waals surface area contributed by atoms with E-state index in [1.807, 2.05) is 24.3 Å². The Bertz CT molecular complexity index is 735. The zero-order valence-corrected chi connectivity index (χ0v) is 14.8. The van der Waals surface area contributed by atoms with E-state index in [0.29, 0.717) is 0 Å². The van der Waals surface area contributed by atoms with E-state index < -0.39 is 22.8 Å². The number of hydrogen-bond acceptors (Lipinski definition) is 1. The fourth-order valence-electron chi connectivity index (χ4n) is 2.02. The van der Waals surface area contributed by atoms with E-state index in [9.17, 15) is 18.0 Å². The second kappa shape index (κ2) is 7.44. The Hall–Kier alpha value is -1.73. The van der Waals surface area contributed by atoms with Crippen LogP contribution in [0.25, 0.3) is 0 Å². The summed E-state index contributed by atoms with van der Waals surface area (Å²) in [5.41, 5.74) is -0.129. The zero-order valence-electron chi connectivity index (χ0n) is 12.4. The third kappa shape index (κ3) is 4.88. The van der Waals surface area contributed by atoms with Crippen molar-refractivity contribution in [2.75, 3.05) is 5.32 Å². The number of rotatable bonds is 3. The molecule has 0 aromatic heterocycles. The van der Waals surface area contributed by atoms with Crippen molar-refractivity contribution in [1.29, 1.82) is 0 Å². The first kappa shape index (κ1) is 18.6. The molecule has 1 unspecified atom stereocenters. The average Bonchev–Trinajstić information content (AvgIpc) is 2.48. The highest BCUT2D eigenvalue weighted by Gasteiger charge is 2.33. The monoisotopic (exact) mass is 420 g/mol. The molecule has 2 amide bonds. The second-order valence-electron chi connectivity index (χ2n) is 5.06. The first-order chi connectivity index (χ1) is 11.2. The Balaban J connectivity index is 2.06. The van der Waals surface area contributed by atoms with Crippen LogP contribution in [0.4, 0.5) is 23.7 Å². The largest absolute Gasteiger partial charge is 0.417 e. The molecule has 0 fully saturated rings. The van der Waals surface area contributed by atoms with Crippen LogP contribution in [0.1, 0.15) is 24.1 Å². The van der Waals surface area contributed by atoms with E-state index in [0.717, 1.165) is 22.2 Å². The molecule has 0 saturated heterocycles. The van der Waals surface area contributed by atoms with Gasteiger partial charge in [-0.05, 0) is 42.8 Å². The number of urea groups is 1. The third-order valence-electron chi connectivity index (χ3n) is 3.25. The highest BCUT2D eigenvalue weighted by Crippen LogP contribution is 2.36. The maximum absolute atomic E-state index is 12.8. The highest BCUT2D eigenvalue weighted by atomic mass is 79.9. The van der Waals surface area contributed by atoms with E-state index >= 15 is 0 Å². The summed E-state index contributed by atoms with van der Waals surface area (Å²) in [4.78, 5) is 12.0. The van der Waals surface area contributed by atoms with Crippen LogP contribution in [0.5, 0.6) is 0 Å². The minimum Gasteiger partial charge on any atom is -0.331 e. The van der Waals surface area contributed by atoms with Crippen molar-refractivity contribution in [3.05, 3.63) is 63.1 Å². The molecule has 0 radical (unpaired) electrons. The lowest BCUT2D eigenvalue weighted by Crippen LogP contribution is -2.31. The fraction of sp³-hybridized carbons (Fsp3) is 0.188. The number of carbonyl (C=O) groups is 1. The molecule has 2 rings (SSSR count). The molecule has 0 spiro atoms. The van der Waals surface area contributed by atoms with Crippen LogP contribution >= 0.6 is 27.5 Å². The van der Waals surface area contributed by atoms with Crippen LogP contribution < -0.4 is 10.6 Å². The molecule has 1 atom stereocenters. The molecule has 2 aromatic rings. The minimum absolute atomic E-state index is 0.00670. The van der Waals surface area contributed by atoms with Crippen LogP contribution in [-0.2, 0) is 6.18 Å². The molecule has 0 bridgehead atoms. The Labute approximate surface area is 150 Å². The molecule has 3 nitrogen and oxygen atoms in total. The summed E-state index contributed by atoms with van der Waals surface area (Å²) in [5, 5.41) is 4.61. The summed E-state index contributed by atoms with van der Waals surface area (Å²) in [6, 6.07) is 9.61. The normalized spacial score (nSPS) is 12.6. The number of anilines is 1. The van der Waals surface area contributed by atoms with Gasteiger partial charge < -0.3 is 10.6 Å². The molecule has 8 heteroatoms. The average molecular weight is 422 g/mol. The van der Waals surface area contributed by atoms with Crippen LogP contribution in [-0.4, -0.2) is 6.03 Å². The first-order valence-corrected chi connectivity index (χ1v) is 8.03. The van der Waals surface area contributed by atoms with Crippen molar-refractivity contribution in [3.63, 3.8) is 0 Å². The number of halogens is 5. The predicted octanol–water partition coefficient (Wildman–Crippen LogP) is 6.00. The fourth-order valence-corrected chi connectivity index (χ4v) is 2.51. The number of benzene rings is 2. The summed E-state index contributed by atoms with van der Waals surface area (Å²) in [6.07, 6.45) is -4.59. The van der Waals surface area contributed by atoms with Crippen LogP contribution in [0, 0.1) is 0 Å². The van der Waals surface area contributed by atoms with Crippen molar-refractivity contribution in [3.8, 4) is 0 Å². The van der Waals surface area contributed by atoms with Gasteiger partial charge >= 0.3 is 12.2 Å². The van der Waals surface area contributed by atoms with E-state index in [1.165, 1.54) is 6.07 Å². The van der Waals surface area contributed by atoms with Gasteiger partial charge in [-0.2, -0.15) is 13.2 Å². The van der Waals surface area contributed by atoms with Gasteiger partial charge in [-0.15, -0.1) is 0 Å². The molecule has 0 aliphatic rings. The van der Waals surface area contributed by atoms with Crippen molar-refractivity contribution >= 4 is 39.2 Å². The molecule has 128 valence electrons. The predicted molar refractivity (Wildman–Crippen MR) is 91.2 cm³/mol. The Morgan fingerprint density at radius 3 is 2.38 bits per heavy atom. The van der Waals surface area contributed by atoms with Gasteiger partial charge in [0.2, 0.25) is 0 Å². The van der Waals surface area contributed by atoms with Crippen molar-refractivity contribution in [2.24, 2.45) is 0 Å². The summed E-state index contributed by atoms with van der Waals surface area (Å²) in [7, 11) is 0. The Kier molecular flexibility index (Phi) is 5.77. The summed E-state index contributed by atoms with van der Waals surface area (Å²) < 4.78 is 39.3. The van der Waals surface area contributed by atoms with Crippen molar-refractivity contribution < 1.29 is 18.0 Å². The van der Waals surface area contributed by atoms with Gasteiger partial charge in [-0.3, -0.25) is 0 Å². The number of hydrogen-bond donors (Lipinski definition) is 2. The molecule has 2 aromatic carbocycles. The minimum atomic E-state index is -4.59. The molecule has 24 heavy (non-hydrogen) atoms. The lowest BCUT2D eigenvalue weighted by molar-refractivity contribution is -0.137. The molecule has 0 aliphatic heterocycles. The Morgan fingerprint density at radius 1 is 1.17 bits per heavy atom. The van der Waals surface area contributed by atoms with E-state index in [2.05, 4.69) is 26.6 Å². The molecule has 0 saturated carbocycles. The van der Waals surface area contributed by atoms with Gasteiger partial charge in [0.05, 0.1) is 16.6 Å². The number of nitrogens with one attached hydrogen (secondary N) is 2. The lowest BCUT2D eigenvalue weighted by Gasteiger charge is -2.16. The lowest BCUT2D eigenvalue weighted by atomic mass is 10.1. The van der Waals surface area contributed by atoms with Gasteiger partial charge in [0.25, 0.3) is 0 Å². The molecule has 0 heterocycles. The maximum Gasteiger partial charge on any atom is 0.417 e. The van der Waals surface area contributed by atoms with E-state index in [-0.39, 0.29) is 11.7 Å². The number of carbonyl (C=O) groups excluding carboxylic acids is 1. The molecular formula is C16H13BrClF3N2O. The summed E-state index contributed by atoms with van der Waals surface area (Å²) in [5.74, 6) is 0. The smallest absolute Gasteiger partial charge is 0.331 e. The topological polar surface area (TPSA) is 41.1 Å². The maximum atomic E-state index is 12.8. The third-order valence-corrected chi connectivity index (χ3v) is 4.11. The van der Waals surface area contributed by atoms with E-state index in [1.54, 1.807) is 6.92 Å². The first-order valence-electron chi connectivity index (χ1n) is 6.86. The van der Waals surface area contributed by atoms with E-state index in [4.69, 9.17) is 11.6 Å². The van der Waals surface area contributed by atoms with Gasteiger partial charge in [0.1, 0.15) is 0 Å². The van der Waals surface area contributed by atoms with Crippen LogP contribution in [0.3, 0.4) is 0 Å². The van der Waals surface area contributed by atoms with Gasteiger partial charge in [-0.1, -0.05) is 39.7 Å². The number of amides is 2.